The van der Waals surface area contributed by atoms with Gasteiger partial charge >= 0.3 is 10.2 Å². The minimum Gasteiger partial charge on any atom is -0.490 e. The largest absolute Gasteiger partial charge is 0.490 e. The number of hydrogen-bond donors (Lipinski definition) is 1. The Morgan fingerprint density at radius 2 is 2.00 bits per heavy atom. The van der Waals surface area contributed by atoms with E-state index in [0.717, 1.165) is 52.6 Å². The molecule has 2 saturated heterocycles. The Bertz CT molecular complexity index is 1720. The number of carbonyl (C=O) groups excluding carboxylic acids is 1. The van der Waals surface area contributed by atoms with E-state index in [4.69, 9.17) is 9.47 Å². The number of aromatic nitrogens is 4. The van der Waals surface area contributed by atoms with Crippen molar-refractivity contribution in [2.24, 2.45) is 0 Å². The summed E-state index contributed by atoms with van der Waals surface area (Å²) in [5.74, 6) is -0.526. The Morgan fingerprint density at radius 3 is 2.76 bits per heavy atom. The first kappa shape index (κ1) is 28.3. The number of hydrogen-bond acceptors (Lipinski definition) is 10. The van der Waals surface area contributed by atoms with Crippen LogP contribution in [0.2, 0.25) is 0 Å². The summed E-state index contributed by atoms with van der Waals surface area (Å²) in [7, 11) is -2.96. The monoisotopic (exact) mass is 615 g/mol. The van der Waals surface area contributed by atoms with E-state index >= 15 is 0 Å². The second-order valence-corrected chi connectivity index (χ2v) is 13.1. The minimum absolute atomic E-state index is 0.00684. The van der Waals surface area contributed by atoms with E-state index in [2.05, 4.69) is 24.8 Å². The Kier molecular flexibility index (Phi) is 7.72. The highest BCUT2D eigenvalue weighted by Crippen LogP contribution is 2.41. The van der Waals surface area contributed by atoms with E-state index in [1.165, 1.54) is 25.4 Å². The van der Waals surface area contributed by atoms with Crippen molar-refractivity contribution in [3.63, 3.8) is 0 Å². The van der Waals surface area contributed by atoms with E-state index in [9.17, 15) is 17.6 Å². The number of nitrogens with zero attached hydrogens (tertiary/aromatic N) is 6. The molecule has 0 spiro atoms. The van der Waals surface area contributed by atoms with Crippen molar-refractivity contribution >= 4 is 43.9 Å². The second-order valence-electron chi connectivity index (χ2n) is 10.2. The molecule has 0 aliphatic carbocycles. The highest BCUT2D eigenvalue weighted by molar-refractivity contribution is 7.91. The van der Waals surface area contributed by atoms with Gasteiger partial charge in [-0.1, -0.05) is 11.3 Å². The molecule has 0 radical (unpaired) electrons. The zero-order chi connectivity index (χ0) is 29.4. The van der Waals surface area contributed by atoms with Gasteiger partial charge in [0.2, 0.25) is 5.13 Å². The Morgan fingerprint density at radius 1 is 1.19 bits per heavy atom. The van der Waals surface area contributed by atoms with Crippen molar-refractivity contribution in [1.29, 1.82) is 0 Å². The number of fused-ring (bicyclic) bond motifs is 1. The fourth-order valence-corrected chi connectivity index (χ4v) is 7.00. The lowest BCUT2D eigenvalue weighted by Gasteiger charge is -2.30. The molecule has 2 fully saturated rings. The number of aryl methyl sites for hydroxylation is 1. The topological polar surface area (TPSA) is 131 Å². The summed E-state index contributed by atoms with van der Waals surface area (Å²) < 4.78 is 56.6. The maximum absolute atomic E-state index is 14.5. The lowest BCUT2D eigenvalue weighted by molar-refractivity contribution is 0.0250. The minimum atomic E-state index is -4.25. The van der Waals surface area contributed by atoms with Gasteiger partial charge in [0.05, 0.1) is 31.1 Å². The van der Waals surface area contributed by atoms with Crippen LogP contribution in [0.4, 0.5) is 15.2 Å². The normalized spacial score (nSPS) is 18.0. The van der Waals surface area contributed by atoms with Crippen molar-refractivity contribution in [3.05, 3.63) is 64.8 Å². The lowest BCUT2D eigenvalue weighted by Crippen LogP contribution is -2.42. The molecule has 0 bridgehead atoms. The number of benzene rings is 1. The van der Waals surface area contributed by atoms with Crippen molar-refractivity contribution in [2.75, 3.05) is 36.0 Å². The molecule has 6 rings (SSSR count). The maximum atomic E-state index is 14.5. The zero-order valence-electron chi connectivity index (χ0n) is 23.1. The number of anilines is 2. The van der Waals surface area contributed by atoms with Crippen LogP contribution in [0, 0.1) is 12.7 Å². The molecule has 1 atom stereocenters. The molecule has 0 saturated carbocycles. The van der Waals surface area contributed by atoms with Gasteiger partial charge in [-0.3, -0.25) is 9.20 Å². The first-order valence-corrected chi connectivity index (χ1v) is 15.8. The molecule has 15 heteroatoms. The van der Waals surface area contributed by atoms with Crippen LogP contribution < -0.4 is 18.7 Å². The van der Waals surface area contributed by atoms with Crippen molar-refractivity contribution in [3.8, 4) is 5.75 Å². The average molecular weight is 616 g/mol. The molecule has 2 aliphatic rings. The van der Waals surface area contributed by atoms with Crippen molar-refractivity contribution in [2.45, 2.75) is 44.8 Å². The highest BCUT2D eigenvalue weighted by Gasteiger charge is 2.31. The predicted octanol–water partition coefficient (Wildman–Crippen LogP) is 3.64. The molecular weight excluding hydrogens is 585 g/mol. The van der Waals surface area contributed by atoms with Crippen LogP contribution >= 0.6 is 11.3 Å². The maximum Gasteiger partial charge on any atom is 0.328 e. The van der Waals surface area contributed by atoms with Crippen molar-refractivity contribution in [1.82, 2.24) is 24.3 Å². The standard InChI is InChI=1S/C27H30FN7O5S2/c1-17-30-31-27(41-17)33(2)42(37,38)32-26(36)23-15-29-25-8-6-19(16-35(23)25)34-11-3-4-22(34)21-14-18(28)5-7-24(21)40-20-9-12-39-13-10-20/h5-8,14-16,20,22H,3-4,9-13H2,1-2H3,(H,32,36). The third-order valence-electron chi connectivity index (χ3n) is 7.47. The van der Waals surface area contributed by atoms with Gasteiger partial charge in [-0.25, -0.2) is 18.4 Å². The van der Waals surface area contributed by atoms with Gasteiger partial charge in [-0.05, 0) is 50.1 Å². The summed E-state index contributed by atoms with van der Waals surface area (Å²) in [5, 5.41) is 8.39. The Hall–Kier alpha value is -3.82. The molecular formula is C27H30FN7O5S2. The summed E-state index contributed by atoms with van der Waals surface area (Å²) in [6, 6.07) is 8.14. The van der Waals surface area contributed by atoms with Gasteiger partial charge in [0.15, 0.2) is 0 Å². The van der Waals surface area contributed by atoms with Gasteiger partial charge in [0.25, 0.3) is 5.91 Å². The molecule has 1 unspecified atom stereocenters. The summed E-state index contributed by atoms with van der Waals surface area (Å²) in [6.07, 6.45) is 6.30. The first-order chi connectivity index (χ1) is 20.2. The average Bonchev–Trinajstić information content (AvgIpc) is 3.73. The number of carbonyl (C=O) groups is 1. The molecule has 222 valence electrons. The first-order valence-electron chi connectivity index (χ1n) is 13.6. The van der Waals surface area contributed by atoms with Crippen LogP contribution in [-0.4, -0.2) is 66.8 Å². The third kappa shape index (κ3) is 5.63. The number of nitrogens with one attached hydrogen (secondary N) is 1. The number of ether oxygens (including phenoxy) is 2. The van der Waals surface area contributed by atoms with Gasteiger partial charge < -0.3 is 14.4 Å². The number of halogens is 1. The summed E-state index contributed by atoms with van der Waals surface area (Å²) in [4.78, 5) is 19.6. The zero-order valence-corrected chi connectivity index (χ0v) is 24.7. The number of amides is 1. The second kappa shape index (κ2) is 11.5. The summed E-state index contributed by atoms with van der Waals surface area (Å²) in [5.41, 5.74) is 2.06. The molecule has 1 aromatic carbocycles. The number of pyridine rings is 1. The lowest BCUT2D eigenvalue weighted by atomic mass is 10.0. The molecule has 1 amide bonds. The van der Waals surface area contributed by atoms with E-state index in [1.54, 1.807) is 29.7 Å². The van der Waals surface area contributed by atoms with Crippen LogP contribution in [0.25, 0.3) is 5.65 Å². The highest BCUT2D eigenvalue weighted by atomic mass is 32.2. The predicted molar refractivity (Wildman–Crippen MR) is 155 cm³/mol. The van der Waals surface area contributed by atoms with Crippen LogP contribution in [0.15, 0.2) is 42.7 Å². The number of imidazole rings is 1. The molecule has 1 N–H and O–H groups in total. The summed E-state index contributed by atoms with van der Waals surface area (Å²) >= 11 is 1.09. The third-order valence-corrected chi connectivity index (χ3v) is 9.83. The van der Waals surface area contributed by atoms with Crippen molar-refractivity contribution < 1.29 is 27.1 Å². The Balaban J connectivity index is 1.27. The quantitative estimate of drug-likeness (QED) is 0.316. The fourth-order valence-electron chi connectivity index (χ4n) is 5.32. The van der Waals surface area contributed by atoms with Crippen LogP contribution in [0.5, 0.6) is 5.75 Å². The van der Waals surface area contributed by atoms with E-state index in [-0.39, 0.29) is 28.8 Å². The molecule has 42 heavy (non-hydrogen) atoms. The van der Waals surface area contributed by atoms with Crippen LogP contribution in [-0.2, 0) is 14.9 Å². The van der Waals surface area contributed by atoms with Crippen LogP contribution in [0.1, 0.15) is 52.8 Å². The van der Waals surface area contributed by atoms with E-state index in [0.29, 0.717) is 36.2 Å². The van der Waals surface area contributed by atoms with Gasteiger partial charge in [-0.15, -0.1) is 10.2 Å². The van der Waals surface area contributed by atoms with Crippen LogP contribution in [0.3, 0.4) is 0 Å². The molecule has 12 nitrogen and oxygen atoms in total. The fraction of sp³-hybridized carbons (Fsp3) is 0.407. The van der Waals surface area contributed by atoms with Gasteiger partial charge in [0.1, 0.15) is 34.0 Å². The molecule has 4 aromatic rings. The summed E-state index contributed by atoms with van der Waals surface area (Å²) in [6.45, 7) is 3.68. The molecule has 2 aliphatic heterocycles. The van der Waals surface area contributed by atoms with Gasteiger partial charge in [0, 0.05) is 38.2 Å². The van der Waals surface area contributed by atoms with E-state index < -0.39 is 16.1 Å². The SMILES string of the molecule is Cc1nnc(N(C)S(=O)(=O)NC(=O)c2cnc3ccc(N4CCCC4c4cc(F)ccc4OC4CCOCC4)cn23)s1. The molecule has 3 aromatic heterocycles. The smallest absolute Gasteiger partial charge is 0.328 e. The Labute approximate surface area is 246 Å². The molecule has 5 heterocycles. The number of rotatable bonds is 8. The van der Waals surface area contributed by atoms with Gasteiger partial charge in [-0.2, -0.15) is 8.42 Å². The van der Waals surface area contributed by atoms with E-state index in [1.807, 2.05) is 6.07 Å².